The van der Waals surface area contributed by atoms with Gasteiger partial charge in [-0.1, -0.05) is 45.0 Å². The van der Waals surface area contributed by atoms with Crippen LogP contribution in [-0.4, -0.2) is 31.1 Å². The molecule has 0 aromatic heterocycles. The van der Waals surface area contributed by atoms with Crippen molar-refractivity contribution in [3.05, 3.63) is 65.4 Å². The van der Waals surface area contributed by atoms with Gasteiger partial charge < -0.3 is 14.8 Å². The molecular formula is C29H34N2O4. The molecule has 6 heteroatoms. The first kappa shape index (κ1) is 24.7. The molecule has 1 unspecified atom stereocenters. The molecule has 1 N–H and O–H groups in total. The predicted molar refractivity (Wildman–Crippen MR) is 138 cm³/mol. The van der Waals surface area contributed by atoms with Crippen LogP contribution >= 0.6 is 0 Å². The van der Waals surface area contributed by atoms with E-state index in [2.05, 4.69) is 26.1 Å². The molecular weight excluding hydrogens is 440 g/mol. The van der Waals surface area contributed by atoms with Crippen molar-refractivity contribution >= 4 is 23.1 Å². The van der Waals surface area contributed by atoms with Crippen LogP contribution < -0.4 is 14.8 Å². The molecule has 184 valence electrons. The molecule has 1 amide bonds. The van der Waals surface area contributed by atoms with E-state index in [9.17, 15) is 9.59 Å². The highest BCUT2D eigenvalue weighted by Gasteiger charge is 2.47. The number of aliphatic imine (C=N–C) groups is 1. The number of methoxy groups -OCH3 is 1. The Labute approximate surface area is 207 Å². The Morgan fingerprint density at radius 1 is 1.09 bits per heavy atom. The summed E-state index contributed by atoms with van der Waals surface area (Å²) >= 11 is 0. The summed E-state index contributed by atoms with van der Waals surface area (Å²) in [5.41, 5.74) is 3.36. The zero-order valence-corrected chi connectivity index (χ0v) is 21.2. The highest BCUT2D eigenvalue weighted by molar-refractivity contribution is 6.14. The zero-order valence-electron chi connectivity index (χ0n) is 21.2. The molecule has 2 aromatic carbocycles. The van der Waals surface area contributed by atoms with Gasteiger partial charge in [0.15, 0.2) is 0 Å². The normalized spacial score (nSPS) is 21.2. The zero-order chi connectivity index (χ0) is 25.2. The number of fused-ring (bicyclic) bond motifs is 1. The van der Waals surface area contributed by atoms with Crippen molar-refractivity contribution in [3.63, 3.8) is 0 Å². The predicted octanol–water partition coefficient (Wildman–Crippen LogP) is 5.94. The summed E-state index contributed by atoms with van der Waals surface area (Å²) in [6.45, 7) is 8.76. The van der Waals surface area contributed by atoms with Gasteiger partial charge in [0, 0.05) is 29.3 Å². The maximum absolute atomic E-state index is 13.7. The Bertz CT molecular complexity index is 1180. The lowest BCUT2D eigenvalue weighted by molar-refractivity contribution is -0.124. The molecule has 0 saturated heterocycles. The number of ketones is 1. The number of Topliss-reactive ketones (excluding diaryl/α,β-unsaturated/α-hetero) is 1. The molecule has 35 heavy (non-hydrogen) atoms. The standard InChI is InChI=1S/C29H34N2O4/c1-6-15-35-20-13-11-19(12-14-20)26-25(28(33)31-21-9-7-8-10-24(21)34-5)18(2)30-22-16-29(3,4)17-23(32)27(22)26/h7-14,26-27H,6,15-17H2,1-5H3,(H,31,33)/t26-,27?/m1/s1. The van der Waals surface area contributed by atoms with Crippen LogP contribution in [0.25, 0.3) is 0 Å². The van der Waals surface area contributed by atoms with Gasteiger partial charge in [0.05, 0.1) is 25.3 Å². The van der Waals surface area contributed by atoms with Crippen molar-refractivity contribution in [3.8, 4) is 11.5 Å². The molecule has 2 aliphatic rings. The van der Waals surface area contributed by atoms with Crippen LogP contribution in [0.2, 0.25) is 0 Å². The number of allylic oxidation sites excluding steroid dienone is 1. The van der Waals surface area contributed by atoms with Gasteiger partial charge in [-0.2, -0.15) is 0 Å². The third kappa shape index (κ3) is 5.16. The Hall–Kier alpha value is -3.41. The van der Waals surface area contributed by atoms with Crippen molar-refractivity contribution in [2.75, 3.05) is 19.0 Å². The van der Waals surface area contributed by atoms with Crippen molar-refractivity contribution in [2.24, 2.45) is 16.3 Å². The van der Waals surface area contributed by atoms with Gasteiger partial charge >= 0.3 is 0 Å². The summed E-state index contributed by atoms with van der Waals surface area (Å²) in [5.74, 6) is 0.337. The van der Waals surface area contributed by atoms with Crippen LogP contribution in [-0.2, 0) is 9.59 Å². The van der Waals surface area contributed by atoms with E-state index in [0.29, 0.717) is 35.7 Å². The second-order valence-corrected chi connectivity index (χ2v) is 10.1. The smallest absolute Gasteiger partial charge is 0.254 e. The number of ether oxygens (including phenoxy) is 2. The lowest BCUT2D eigenvalue weighted by atomic mass is 9.63. The Morgan fingerprint density at radius 3 is 2.49 bits per heavy atom. The molecule has 2 atom stereocenters. The van der Waals surface area contributed by atoms with E-state index in [1.54, 1.807) is 19.2 Å². The maximum atomic E-state index is 13.7. The van der Waals surface area contributed by atoms with E-state index >= 15 is 0 Å². The molecule has 1 saturated carbocycles. The topological polar surface area (TPSA) is 77.0 Å². The van der Waals surface area contributed by atoms with E-state index in [-0.39, 0.29) is 17.1 Å². The number of carbonyl (C=O) groups is 2. The maximum Gasteiger partial charge on any atom is 0.254 e. The first-order valence-corrected chi connectivity index (χ1v) is 12.2. The molecule has 4 rings (SSSR count). The number of para-hydroxylation sites is 2. The number of carbonyl (C=O) groups excluding carboxylic acids is 2. The van der Waals surface area contributed by atoms with E-state index in [1.165, 1.54) is 0 Å². The molecule has 6 nitrogen and oxygen atoms in total. The summed E-state index contributed by atoms with van der Waals surface area (Å²) in [6, 6.07) is 15.1. The highest BCUT2D eigenvalue weighted by atomic mass is 16.5. The van der Waals surface area contributed by atoms with E-state index < -0.39 is 11.8 Å². The van der Waals surface area contributed by atoms with Gasteiger partial charge in [0.1, 0.15) is 17.3 Å². The fourth-order valence-electron chi connectivity index (χ4n) is 5.18. The molecule has 0 spiro atoms. The number of nitrogens with one attached hydrogen (secondary N) is 1. The first-order chi connectivity index (χ1) is 16.7. The summed E-state index contributed by atoms with van der Waals surface area (Å²) in [6.07, 6.45) is 2.12. The number of amides is 1. The highest BCUT2D eigenvalue weighted by Crippen LogP contribution is 2.47. The van der Waals surface area contributed by atoms with Gasteiger partial charge in [0.25, 0.3) is 5.91 Å². The molecule has 0 bridgehead atoms. The van der Waals surface area contributed by atoms with Crippen molar-refractivity contribution in [1.82, 2.24) is 0 Å². The number of anilines is 1. The van der Waals surface area contributed by atoms with Crippen LogP contribution in [0.15, 0.2) is 64.8 Å². The van der Waals surface area contributed by atoms with E-state index in [1.807, 2.05) is 43.3 Å². The Kier molecular flexibility index (Phi) is 7.10. The first-order valence-electron chi connectivity index (χ1n) is 12.2. The minimum Gasteiger partial charge on any atom is -0.495 e. The third-order valence-corrected chi connectivity index (χ3v) is 6.68. The fraction of sp³-hybridized carbons (Fsp3) is 0.414. The third-order valence-electron chi connectivity index (χ3n) is 6.68. The molecule has 0 radical (unpaired) electrons. The fourth-order valence-corrected chi connectivity index (χ4v) is 5.18. The van der Waals surface area contributed by atoms with Crippen LogP contribution in [0.3, 0.4) is 0 Å². The lowest BCUT2D eigenvalue weighted by Gasteiger charge is -2.41. The summed E-state index contributed by atoms with van der Waals surface area (Å²) in [5, 5.41) is 3.00. The van der Waals surface area contributed by atoms with Gasteiger partial charge in [0.2, 0.25) is 0 Å². The monoisotopic (exact) mass is 474 g/mol. The van der Waals surface area contributed by atoms with Crippen LogP contribution in [0.1, 0.15) is 58.4 Å². The van der Waals surface area contributed by atoms with Crippen molar-refractivity contribution in [2.45, 2.75) is 52.9 Å². The van der Waals surface area contributed by atoms with Crippen LogP contribution in [0.5, 0.6) is 11.5 Å². The number of hydrogen-bond donors (Lipinski definition) is 1. The average molecular weight is 475 g/mol. The average Bonchev–Trinajstić information content (AvgIpc) is 2.81. The second-order valence-electron chi connectivity index (χ2n) is 10.1. The molecule has 1 heterocycles. The molecule has 2 aromatic rings. The minimum atomic E-state index is -0.451. The number of nitrogens with zero attached hydrogens (tertiary/aromatic N) is 1. The van der Waals surface area contributed by atoms with Crippen molar-refractivity contribution in [1.29, 1.82) is 0 Å². The van der Waals surface area contributed by atoms with Crippen LogP contribution in [0, 0.1) is 11.3 Å². The van der Waals surface area contributed by atoms with E-state index in [0.717, 1.165) is 29.9 Å². The largest absolute Gasteiger partial charge is 0.495 e. The Morgan fingerprint density at radius 2 is 1.80 bits per heavy atom. The SMILES string of the molecule is CCCOc1ccc([C@@H]2C(C(=O)Nc3ccccc3OC)=C(C)N=C3CC(C)(C)CC(=O)C32)cc1. The van der Waals surface area contributed by atoms with Crippen molar-refractivity contribution < 1.29 is 19.1 Å². The summed E-state index contributed by atoms with van der Waals surface area (Å²) in [7, 11) is 1.57. The van der Waals surface area contributed by atoms with Crippen LogP contribution in [0.4, 0.5) is 5.69 Å². The van der Waals surface area contributed by atoms with Gasteiger partial charge in [-0.3, -0.25) is 14.6 Å². The van der Waals surface area contributed by atoms with E-state index in [4.69, 9.17) is 14.5 Å². The van der Waals surface area contributed by atoms with Gasteiger partial charge in [-0.15, -0.1) is 0 Å². The minimum absolute atomic E-state index is 0.131. The lowest BCUT2D eigenvalue weighted by Crippen LogP contribution is -2.44. The Balaban J connectivity index is 1.77. The number of hydrogen-bond acceptors (Lipinski definition) is 5. The number of rotatable bonds is 7. The summed E-state index contributed by atoms with van der Waals surface area (Å²) < 4.78 is 11.2. The molecule has 1 aliphatic heterocycles. The second kappa shape index (κ2) is 10.1. The summed E-state index contributed by atoms with van der Waals surface area (Å²) in [4.78, 5) is 32.0. The van der Waals surface area contributed by atoms with Gasteiger partial charge in [-0.05, 0) is 55.0 Å². The quantitative estimate of drug-likeness (QED) is 0.539. The van der Waals surface area contributed by atoms with Gasteiger partial charge in [-0.25, -0.2) is 0 Å². The molecule has 1 aliphatic carbocycles. The number of benzene rings is 2. The molecule has 1 fully saturated rings.